The zero-order chi connectivity index (χ0) is 13.3. The standard InChI is InChI=1S/C14H20N4S/c1-10-6-19-12-11(10)17-9-18-13(12)16-8-14(2)4-3-5-15-7-14/h6,9,15H,3-5,7-8H2,1-2H3,(H,16,17,18). The summed E-state index contributed by atoms with van der Waals surface area (Å²) in [5.41, 5.74) is 2.63. The van der Waals surface area contributed by atoms with E-state index in [1.54, 1.807) is 17.7 Å². The second-order valence-corrected chi connectivity index (χ2v) is 6.64. The number of hydrogen-bond donors (Lipinski definition) is 2. The molecule has 1 fully saturated rings. The van der Waals surface area contributed by atoms with E-state index in [4.69, 9.17) is 0 Å². The Labute approximate surface area is 117 Å². The van der Waals surface area contributed by atoms with Gasteiger partial charge in [-0.25, -0.2) is 9.97 Å². The fraction of sp³-hybridized carbons (Fsp3) is 0.571. The van der Waals surface area contributed by atoms with Crippen molar-refractivity contribution in [3.8, 4) is 0 Å². The minimum Gasteiger partial charge on any atom is -0.368 e. The van der Waals surface area contributed by atoms with Crippen molar-refractivity contribution in [2.24, 2.45) is 5.41 Å². The van der Waals surface area contributed by atoms with Crippen LogP contribution < -0.4 is 10.6 Å². The summed E-state index contributed by atoms with van der Waals surface area (Å²) in [5.74, 6) is 0.981. The number of thiophene rings is 1. The number of piperidine rings is 1. The molecular formula is C14H20N4S. The van der Waals surface area contributed by atoms with E-state index in [0.717, 1.165) is 31.0 Å². The van der Waals surface area contributed by atoms with Crippen LogP contribution in [0, 0.1) is 12.3 Å². The van der Waals surface area contributed by atoms with Crippen LogP contribution in [0.15, 0.2) is 11.7 Å². The summed E-state index contributed by atoms with van der Waals surface area (Å²) >= 11 is 1.72. The maximum Gasteiger partial charge on any atom is 0.147 e. The van der Waals surface area contributed by atoms with Crippen LogP contribution in [0.4, 0.5) is 5.82 Å². The van der Waals surface area contributed by atoms with Gasteiger partial charge in [-0.3, -0.25) is 0 Å². The van der Waals surface area contributed by atoms with E-state index < -0.39 is 0 Å². The third-order valence-corrected chi connectivity index (χ3v) is 4.99. The summed E-state index contributed by atoms with van der Waals surface area (Å²) in [6.45, 7) is 7.63. The van der Waals surface area contributed by atoms with Crippen molar-refractivity contribution in [3.63, 3.8) is 0 Å². The van der Waals surface area contributed by atoms with Crippen LogP contribution >= 0.6 is 11.3 Å². The lowest BCUT2D eigenvalue weighted by atomic mass is 9.83. The van der Waals surface area contributed by atoms with Gasteiger partial charge in [0, 0.05) is 13.1 Å². The van der Waals surface area contributed by atoms with Crippen molar-refractivity contribution >= 4 is 27.4 Å². The van der Waals surface area contributed by atoms with Gasteiger partial charge in [0.1, 0.15) is 12.1 Å². The lowest BCUT2D eigenvalue weighted by Crippen LogP contribution is -2.42. The van der Waals surface area contributed by atoms with Crippen LogP contribution in [0.3, 0.4) is 0 Å². The van der Waals surface area contributed by atoms with Gasteiger partial charge < -0.3 is 10.6 Å². The van der Waals surface area contributed by atoms with Crippen molar-refractivity contribution in [1.29, 1.82) is 0 Å². The Kier molecular flexibility index (Phi) is 3.41. The summed E-state index contributed by atoms with van der Waals surface area (Å²) in [5, 5.41) is 9.16. The first kappa shape index (κ1) is 12.8. The van der Waals surface area contributed by atoms with E-state index >= 15 is 0 Å². The van der Waals surface area contributed by atoms with Crippen molar-refractivity contribution in [3.05, 3.63) is 17.3 Å². The number of rotatable bonds is 3. The van der Waals surface area contributed by atoms with E-state index in [9.17, 15) is 0 Å². The van der Waals surface area contributed by atoms with Crippen LogP contribution in [0.2, 0.25) is 0 Å². The van der Waals surface area contributed by atoms with Gasteiger partial charge in [0.05, 0.1) is 10.2 Å². The molecule has 1 aliphatic heterocycles. The predicted molar refractivity (Wildman–Crippen MR) is 80.9 cm³/mol. The maximum absolute atomic E-state index is 4.40. The van der Waals surface area contributed by atoms with E-state index in [1.165, 1.54) is 23.1 Å². The molecule has 0 aromatic carbocycles. The molecule has 5 heteroatoms. The fourth-order valence-electron chi connectivity index (χ4n) is 2.66. The Balaban J connectivity index is 1.78. The van der Waals surface area contributed by atoms with Gasteiger partial charge in [-0.1, -0.05) is 6.92 Å². The molecule has 2 aromatic heterocycles. The summed E-state index contributed by atoms with van der Waals surface area (Å²) in [6, 6.07) is 0. The highest BCUT2D eigenvalue weighted by atomic mass is 32.1. The summed E-state index contributed by atoms with van der Waals surface area (Å²) < 4.78 is 1.17. The minimum absolute atomic E-state index is 0.321. The second-order valence-electron chi connectivity index (χ2n) is 5.76. The molecule has 3 rings (SSSR count). The average Bonchev–Trinajstić information content (AvgIpc) is 2.80. The molecular weight excluding hydrogens is 256 g/mol. The van der Waals surface area contributed by atoms with Gasteiger partial charge in [0.2, 0.25) is 0 Å². The number of nitrogens with zero attached hydrogens (tertiary/aromatic N) is 2. The van der Waals surface area contributed by atoms with Crippen LogP contribution in [-0.4, -0.2) is 29.6 Å². The number of anilines is 1. The summed E-state index contributed by atoms with van der Waals surface area (Å²) in [7, 11) is 0. The Morgan fingerprint density at radius 3 is 3.16 bits per heavy atom. The molecule has 0 saturated carbocycles. The highest BCUT2D eigenvalue weighted by Gasteiger charge is 2.26. The molecule has 1 unspecified atom stereocenters. The van der Waals surface area contributed by atoms with Gasteiger partial charge in [-0.15, -0.1) is 11.3 Å². The van der Waals surface area contributed by atoms with Crippen LogP contribution in [-0.2, 0) is 0 Å². The first-order chi connectivity index (χ1) is 9.18. The molecule has 19 heavy (non-hydrogen) atoms. The summed E-state index contributed by atoms with van der Waals surface area (Å²) in [4.78, 5) is 8.76. The van der Waals surface area contributed by atoms with Gasteiger partial charge >= 0.3 is 0 Å². The van der Waals surface area contributed by atoms with Gasteiger partial charge in [0.15, 0.2) is 0 Å². The highest BCUT2D eigenvalue weighted by molar-refractivity contribution is 7.18. The highest BCUT2D eigenvalue weighted by Crippen LogP contribution is 2.30. The topological polar surface area (TPSA) is 49.8 Å². The molecule has 0 aliphatic carbocycles. The lowest BCUT2D eigenvalue weighted by Gasteiger charge is -2.34. The zero-order valence-corrected chi connectivity index (χ0v) is 12.3. The Bertz CT molecular complexity index is 572. The van der Waals surface area contributed by atoms with Crippen molar-refractivity contribution in [2.75, 3.05) is 25.0 Å². The van der Waals surface area contributed by atoms with Gasteiger partial charge in [0.25, 0.3) is 0 Å². The average molecular weight is 276 g/mol. The van der Waals surface area contributed by atoms with Gasteiger partial charge in [-0.2, -0.15) is 0 Å². The number of aromatic nitrogens is 2. The third kappa shape index (κ3) is 2.58. The predicted octanol–water partition coefficient (Wildman–Crippen LogP) is 2.80. The molecule has 3 heterocycles. The maximum atomic E-state index is 4.40. The first-order valence-electron chi connectivity index (χ1n) is 6.81. The Morgan fingerprint density at radius 2 is 2.37 bits per heavy atom. The molecule has 0 spiro atoms. The molecule has 2 N–H and O–H groups in total. The number of aryl methyl sites for hydroxylation is 1. The molecule has 1 saturated heterocycles. The molecule has 0 amide bonds. The molecule has 4 nitrogen and oxygen atoms in total. The van der Waals surface area contributed by atoms with E-state index in [-0.39, 0.29) is 0 Å². The largest absolute Gasteiger partial charge is 0.368 e. The smallest absolute Gasteiger partial charge is 0.147 e. The van der Waals surface area contributed by atoms with E-state index in [2.05, 4.69) is 39.8 Å². The first-order valence-corrected chi connectivity index (χ1v) is 7.69. The molecule has 0 radical (unpaired) electrons. The Hall–Kier alpha value is -1.20. The van der Waals surface area contributed by atoms with Crippen molar-refractivity contribution < 1.29 is 0 Å². The van der Waals surface area contributed by atoms with Crippen LogP contribution in [0.1, 0.15) is 25.3 Å². The fourth-order valence-corrected chi connectivity index (χ4v) is 3.63. The van der Waals surface area contributed by atoms with Crippen molar-refractivity contribution in [2.45, 2.75) is 26.7 Å². The molecule has 0 bridgehead atoms. The second kappa shape index (κ2) is 5.06. The Morgan fingerprint density at radius 1 is 1.47 bits per heavy atom. The van der Waals surface area contributed by atoms with Crippen LogP contribution in [0.5, 0.6) is 0 Å². The third-order valence-electron chi connectivity index (χ3n) is 3.90. The van der Waals surface area contributed by atoms with E-state index in [1.807, 2.05) is 0 Å². The number of hydrogen-bond acceptors (Lipinski definition) is 5. The van der Waals surface area contributed by atoms with Gasteiger partial charge in [-0.05, 0) is 42.7 Å². The normalized spacial score (nSPS) is 23.7. The quantitative estimate of drug-likeness (QED) is 0.905. The monoisotopic (exact) mass is 276 g/mol. The SMILES string of the molecule is Cc1csc2c(NCC3(C)CCCNC3)ncnc12. The number of nitrogens with one attached hydrogen (secondary N) is 2. The molecule has 102 valence electrons. The molecule has 2 aromatic rings. The summed E-state index contributed by atoms with van der Waals surface area (Å²) in [6.07, 6.45) is 4.19. The minimum atomic E-state index is 0.321. The molecule has 1 aliphatic rings. The zero-order valence-electron chi connectivity index (χ0n) is 11.5. The van der Waals surface area contributed by atoms with Crippen molar-refractivity contribution in [1.82, 2.24) is 15.3 Å². The van der Waals surface area contributed by atoms with Crippen LogP contribution in [0.25, 0.3) is 10.2 Å². The lowest BCUT2D eigenvalue weighted by molar-refractivity contribution is 0.253. The molecule has 1 atom stereocenters. The van der Waals surface area contributed by atoms with E-state index in [0.29, 0.717) is 5.41 Å². The number of fused-ring (bicyclic) bond motifs is 1.